The van der Waals surface area contributed by atoms with E-state index in [-0.39, 0.29) is 36.0 Å². The molecule has 470 valence electrons. The zero-order valence-electron chi connectivity index (χ0n) is 51.5. The van der Waals surface area contributed by atoms with Crippen molar-refractivity contribution >= 4 is 52.1 Å². The Morgan fingerprint density at radius 1 is 0.374 bits per heavy atom. The minimum absolute atomic E-state index is 0.0196. The van der Waals surface area contributed by atoms with Crippen LogP contribution >= 0.6 is 0 Å². The number of unbranched alkanes of at least 4 members (excludes halogenated alkanes) is 3. The van der Waals surface area contributed by atoms with Crippen LogP contribution < -0.4 is 50.4 Å². The minimum Gasteiger partial charge on any atom is -0.330 e. The van der Waals surface area contributed by atoms with E-state index in [2.05, 4.69) is 31.2 Å². The summed E-state index contributed by atoms with van der Waals surface area (Å²) in [7, 11) is 0. The SMILES string of the molecule is Cc1c(C(=O)[C@@](N)(CCCCN)C(=O)Nc2ccc(C(c3ccc(NC(=O)[C@](N)(CCCCN)C(=O)c4cnn(-c5ccccc5)c4C)cc3)c3ccc(NC(=O)[C@](N)(CCCCN)C(=O)c4cnn(-c5ccccc5)c4C)cc3)cc2)cnn1-c1ccccc1. The third kappa shape index (κ3) is 14.3. The molecule has 91 heavy (non-hydrogen) atoms. The van der Waals surface area contributed by atoms with Crippen LogP contribution in [0.2, 0.25) is 0 Å². The maximum absolute atomic E-state index is 14.5. The first kappa shape index (κ1) is 65.6. The summed E-state index contributed by atoms with van der Waals surface area (Å²) in [4.78, 5) is 86.9. The molecule has 9 aromatic rings. The molecule has 21 heteroatoms. The van der Waals surface area contributed by atoms with Crippen LogP contribution in [0.3, 0.4) is 0 Å². The highest BCUT2D eigenvalue weighted by Gasteiger charge is 2.46. The van der Waals surface area contributed by atoms with Crippen molar-refractivity contribution in [3.8, 4) is 17.1 Å². The van der Waals surface area contributed by atoms with Gasteiger partial charge in [-0.15, -0.1) is 0 Å². The Bertz CT molecular complexity index is 3590. The third-order valence-corrected chi connectivity index (χ3v) is 16.8. The molecule has 3 amide bonds. The molecule has 0 aliphatic carbocycles. The molecule has 0 aliphatic rings. The quantitative estimate of drug-likeness (QED) is 0.00885. The van der Waals surface area contributed by atoms with E-state index in [0.29, 0.717) is 92.3 Å². The number of hydrogen-bond donors (Lipinski definition) is 9. The van der Waals surface area contributed by atoms with E-state index in [1.807, 2.05) is 127 Å². The molecule has 0 aliphatic heterocycles. The fourth-order valence-electron chi connectivity index (χ4n) is 11.3. The van der Waals surface area contributed by atoms with Crippen LogP contribution in [0.4, 0.5) is 17.1 Å². The number of anilines is 3. The Balaban J connectivity index is 1.01. The van der Waals surface area contributed by atoms with Crippen molar-refractivity contribution in [1.82, 2.24) is 29.3 Å². The number of rotatable bonds is 30. The van der Waals surface area contributed by atoms with Crippen molar-refractivity contribution in [2.24, 2.45) is 34.4 Å². The number of amides is 3. The Morgan fingerprint density at radius 3 is 0.846 bits per heavy atom. The van der Waals surface area contributed by atoms with Crippen LogP contribution in [0.25, 0.3) is 17.1 Å². The smallest absolute Gasteiger partial charge is 0.252 e. The van der Waals surface area contributed by atoms with Gasteiger partial charge in [0.25, 0.3) is 17.7 Å². The van der Waals surface area contributed by atoms with Gasteiger partial charge in [-0.3, -0.25) is 28.8 Å². The number of aromatic nitrogens is 6. The highest BCUT2D eigenvalue weighted by atomic mass is 16.2. The summed E-state index contributed by atoms with van der Waals surface area (Å²) < 4.78 is 4.89. The number of para-hydroxylation sites is 3. The van der Waals surface area contributed by atoms with Crippen molar-refractivity contribution < 1.29 is 28.8 Å². The second-order valence-electron chi connectivity index (χ2n) is 23.0. The Morgan fingerprint density at radius 2 is 0.615 bits per heavy atom. The summed E-state index contributed by atoms with van der Waals surface area (Å²) in [5, 5.41) is 22.2. The van der Waals surface area contributed by atoms with E-state index in [0.717, 1.165) is 33.8 Å². The topological polar surface area (TPSA) is 348 Å². The molecule has 15 N–H and O–H groups in total. The van der Waals surface area contributed by atoms with Crippen LogP contribution in [0, 0.1) is 20.8 Å². The van der Waals surface area contributed by atoms with Gasteiger partial charge in [-0.2, -0.15) is 15.3 Å². The Labute approximate surface area is 528 Å². The van der Waals surface area contributed by atoms with Gasteiger partial charge in [0.2, 0.25) is 0 Å². The third-order valence-electron chi connectivity index (χ3n) is 16.8. The Kier molecular flexibility index (Phi) is 21.0. The van der Waals surface area contributed by atoms with Gasteiger partial charge in [-0.1, -0.05) is 91.0 Å². The van der Waals surface area contributed by atoms with E-state index < -0.39 is 57.6 Å². The number of nitrogens with two attached hydrogens (primary N) is 6. The number of hydrogen-bond acceptors (Lipinski definition) is 15. The van der Waals surface area contributed by atoms with Crippen molar-refractivity contribution in [2.45, 2.75) is 101 Å². The van der Waals surface area contributed by atoms with Gasteiger partial charge in [0.05, 0.1) is 69.4 Å². The second kappa shape index (κ2) is 29.2. The number of ketones is 3. The largest absolute Gasteiger partial charge is 0.330 e. The van der Waals surface area contributed by atoms with E-state index in [1.165, 1.54) is 18.6 Å². The highest BCUT2D eigenvalue weighted by Crippen LogP contribution is 2.36. The molecule has 0 spiro atoms. The van der Waals surface area contributed by atoms with E-state index >= 15 is 0 Å². The fraction of sp³-hybridized carbons (Fsp3) is 0.271. The number of Topliss-reactive ketones (excluding diaryl/α,β-unsaturated/α-hetero) is 3. The molecule has 0 fully saturated rings. The lowest BCUT2D eigenvalue weighted by Crippen LogP contribution is -2.57. The van der Waals surface area contributed by atoms with Gasteiger partial charge < -0.3 is 50.4 Å². The van der Waals surface area contributed by atoms with Gasteiger partial charge in [-0.25, -0.2) is 14.0 Å². The number of carbonyl (C=O) groups excluding carboxylic acids is 6. The summed E-state index contributed by atoms with van der Waals surface area (Å²) in [6, 6.07) is 49.3. The average Bonchev–Trinajstić information content (AvgIpc) is 1.78. The van der Waals surface area contributed by atoms with Crippen LogP contribution in [-0.2, 0) is 14.4 Å². The van der Waals surface area contributed by atoms with Crippen molar-refractivity contribution in [3.63, 3.8) is 0 Å². The first-order valence-corrected chi connectivity index (χ1v) is 30.5. The van der Waals surface area contributed by atoms with Gasteiger partial charge in [0.1, 0.15) is 0 Å². The first-order chi connectivity index (χ1) is 43.9. The predicted octanol–water partition coefficient (Wildman–Crippen LogP) is 8.29. The molecule has 0 bridgehead atoms. The molecule has 21 nitrogen and oxygen atoms in total. The molecular formula is C70H79N15O6. The molecule has 0 unspecified atom stereocenters. The van der Waals surface area contributed by atoms with Crippen molar-refractivity contribution in [3.05, 3.63) is 233 Å². The summed E-state index contributed by atoms with van der Waals surface area (Å²) in [5.74, 6) is -4.40. The molecule has 6 aromatic carbocycles. The number of carbonyl (C=O) groups is 6. The van der Waals surface area contributed by atoms with Crippen LogP contribution in [0.15, 0.2) is 182 Å². The molecule has 9 rings (SSSR count). The van der Waals surface area contributed by atoms with Crippen molar-refractivity contribution in [1.29, 1.82) is 0 Å². The highest BCUT2D eigenvalue weighted by molar-refractivity contribution is 6.23. The van der Waals surface area contributed by atoms with Crippen molar-refractivity contribution in [2.75, 3.05) is 35.6 Å². The van der Waals surface area contributed by atoms with E-state index in [1.54, 1.807) is 71.2 Å². The zero-order valence-corrected chi connectivity index (χ0v) is 51.5. The van der Waals surface area contributed by atoms with Crippen LogP contribution in [-0.4, -0.2) is 101 Å². The molecule has 3 aromatic heterocycles. The van der Waals surface area contributed by atoms with Gasteiger partial charge in [0.15, 0.2) is 34.0 Å². The molecule has 3 atom stereocenters. The molecule has 3 heterocycles. The first-order valence-electron chi connectivity index (χ1n) is 30.5. The van der Waals surface area contributed by atoms with Gasteiger partial charge in [0, 0.05) is 23.0 Å². The summed E-state index contributed by atoms with van der Waals surface area (Å²) >= 11 is 0. The number of nitrogens with zero attached hydrogens (tertiary/aromatic N) is 6. The molecular weight excluding hydrogens is 1150 g/mol. The summed E-state index contributed by atoms with van der Waals surface area (Å²) in [6.07, 6.45) is 7.20. The maximum atomic E-state index is 14.5. The predicted molar refractivity (Wildman–Crippen MR) is 354 cm³/mol. The summed E-state index contributed by atoms with van der Waals surface area (Å²) in [5.41, 5.74) is 40.2. The van der Waals surface area contributed by atoms with E-state index in [4.69, 9.17) is 34.4 Å². The van der Waals surface area contributed by atoms with E-state index in [9.17, 15) is 28.8 Å². The standard InChI is InChI=1S/C70H79N15O6/c1-46-58(43-77-83(46)55-19-7-4-8-20-55)62(86)68(74,37-13-16-40-71)65(89)80-52-31-25-49(26-32-52)61(50-27-33-53(34-28-50)81-66(90)69(75,38-14-17-41-72)63(87)59-44-78-84(47(59)2)56-21-9-5-10-22-56)51-29-35-54(36-30-51)82-67(91)70(76,39-15-18-42-73)64(88)60-45-79-85(48(60)3)57-23-11-6-12-24-57/h4-12,19-36,43-45,61H,13-18,37-42,71-76H2,1-3H3,(H,80,89)(H,81,90)(H,82,91)/t68-,69-,70-/m0/s1. The van der Waals surface area contributed by atoms with Gasteiger partial charge >= 0.3 is 0 Å². The zero-order chi connectivity index (χ0) is 64.9. The lowest BCUT2D eigenvalue weighted by atomic mass is 9.83. The normalized spacial score (nSPS) is 13.4. The fourth-order valence-corrected chi connectivity index (χ4v) is 11.3. The maximum Gasteiger partial charge on any atom is 0.252 e. The van der Waals surface area contributed by atoms with Crippen LogP contribution in [0.1, 0.15) is 129 Å². The average molecular weight is 1230 g/mol. The second-order valence-corrected chi connectivity index (χ2v) is 23.0. The molecule has 0 saturated heterocycles. The van der Waals surface area contributed by atoms with Crippen LogP contribution in [0.5, 0.6) is 0 Å². The minimum atomic E-state index is -1.99. The number of nitrogens with one attached hydrogen (secondary N) is 3. The van der Waals surface area contributed by atoms with Gasteiger partial charge in [-0.05, 0) is 188 Å². The molecule has 0 radical (unpaired) electrons. The Hall–Kier alpha value is -9.87. The monoisotopic (exact) mass is 1230 g/mol. The lowest BCUT2D eigenvalue weighted by molar-refractivity contribution is -0.120. The molecule has 0 saturated carbocycles. The summed E-state index contributed by atoms with van der Waals surface area (Å²) in [6.45, 7) is 6.30. The lowest BCUT2D eigenvalue weighted by Gasteiger charge is -2.27. The number of benzene rings is 6.